The zero-order valence-corrected chi connectivity index (χ0v) is 20.2. The molecule has 0 aliphatic carbocycles. The second-order valence-electron chi connectivity index (χ2n) is 8.10. The first kappa shape index (κ1) is 26.8. The molecule has 1 N–H and O–H groups in total. The topological polar surface area (TPSA) is 61.4 Å². The van der Waals surface area contributed by atoms with E-state index >= 15 is 0 Å². The Bertz CT molecular complexity index is 1260. The van der Waals surface area contributed by atoms with Gasteiger partial charge in [0.05, 0.1) is 21.8 Å². The number of amides is 2. The molecule has 0 unspecified atom stereocenters. The van der Waals surface area contributed by atoms with Gasteiger partial charge in [0.25, 0.3) is 0 Å². The van der Waals surface area contributed by atoms with Crippen molar-refractivity contribution < 1.29 is 31.1 Å². The van der Waals surface area contributed by atoms with E-state index in [9.17, 15) is 31.1 Å². The fourth-order valence-electron chi connectivity index (χ4n) is 3.70. The van der Waals surface area contributed by atoms with Gasteiger partial charge in [0.15, 0.2) is 5.82 Å². The van der Waals surface area contributed by atoms with Crippen LogP contribution < -0.4 is 10.2 Å². The van der Waals surface area contributed by atoms with Crippen molar-refractivity contribution >= 4 is 40.7 Å². The molecule has 2 heterocycles. The van der Waals surface area contributed by atoms with Crippen molar-refractivity contribution in [2.24, 2.45) is 0 Å². The number of alkyl halides is 6. The van der Waals surface area contributed by atoms with E-state index in [0.29, 0.717) is 52.3 Å². The van der Waals surface area contributed by atoms with Crippen molar-refractivity contribution in [2.75, 3.05) is 36.4 Å². The normalized spacial score (nSPS) is 14.6. The first-order valence-corrected chi connectivity index (χ1v) is 11.5. The van der Waals surface area contributed by atoms with Gasteiger partial charge in [-0.15, -0.1) is 10.2 Å². The molecule has 4 rings (SSSR count). The smallest absolute Gasteiger partial charge is 0.352 e. The summed E-state index contributed by atoms with van der Waals surface area (Å²) < 4.78 is 78.4. The van der Waals surface area contributed by atoms with Gasteiger partial charge < -0.3 is 15.1 Å². The second-order valence-corrected chi connectivity index (χ2v) is 8.94. The number of piperazine rings is 1. The van der Waals surface area contributed by atoms with E-state index < -0.39 is 35.2 Å². The lowest BCUT2D eigenvalue weighted by Gasteiger charge is -2.35. The lowest BCUT2D eigenvalue weighted by Crippen LogP contribution is -2.50. The fraction of sp³-hybridized carbons (Fsp3) is 0.261. The van der Waals surface area contributed by atoms with Crippen molar-refractivity contribution in [3.63, 3.8) is 0 Å². The number of carbonyl (C=O) groups is 1. The minimum absolute atomic E-state index is 0.00161. The van der Waals surface area contributed by atoms with E-state index in [4.69, 9.17) is 23.2 Å². The Labute approximate surface area is 216 Å². The highest BCUT2D eigenvalue weighted by atomic mass is 35.5. The van der Waals surface area contributed by atoms with Crippen LogP contribution in [-0.4, -0.2) is 47.3 Å². The summed E-state index contributed by atoms with van der Waals surface area (Å²) in [4.78, 5) is 15.7. The number of nitrogens with one attached hydrogen (secondary N) is 1. The average molecular weight is 564 g/mol. The van der Waals surface area contributed by atoms with Gasteiger partial charge in [-0.05, 0) is 48.5 Å². The number of hydrogen-bond donors (Lipinski definition) is 1. The molecule has 1 saturated heterocycles. The molecule has 1 fully saturated rings. The van der Waals surface area contributed by atoms with Crippen LogP contribution in [0.1, 0.15) is 11.1 Å². The van der Waals surface area contributed by atoms with Crippen LogP contribution in [-0.2, 0) is 12.4 Å². The standard InChI is InChI=1S/C23H17Cl2F6N5O/c24-15-1-2-17(18(25)12-15)19-3-4-20(34-33-19)35-5-7-36(8-6-35)21(37)32-16-10-13(22(26,27)28)9-14(11-16)23(29,30)31/h1-4,9-12H,5-8H2,(H,32,37). The van der Waals surface area contributed by atoms with Crippen molar-refractivity contribution in [3.05, 3.63) is 69.7 Å². The Morgan fingerprint density at radius 3 is 1.95 bits per heavy atom. The highest BCUT2D eigenvalue weighted by Gasteiger charge is 2.37. The molecular formula is C23H17Cl2F6N5O. The molecule has 0 radical (unpaired) electrons. The molecule has 37 heavy (non-hydrogen) atoms. The lowest BCUT2D eigenvalue weighted by atomic mass is 10.1. The van der Waals surface area contributed by atoms with Crippen LogP contribution in [0.5, 0.6) is 0 Å². The Morgan fingerprint density at radius 1 is 0.811 bits per heavy atom. The van der Waals surface area contributed by atoms with Crippen LogP contribution in [0.25, 0.3) is 11.3 Å². The molecule has 2 amide bonds. The molecule has 6 nitrogen and oxygen atoms in total. The lowest BCUT2D eigenvalue weighted by molar-refractivity contribution is -0.143. The number of nitrogens with zero attached hydrogens (tertiary/aromatic N) is 4. The average Bonchev–Trinajstić information content (AvgIpc) is 2.83. The third-order valence-corrected chi connectivity index (χ3v) is 6.14. The van der Waals surface area contributed by atoms with E-state index in [1.807, 2.05) is 4.90 Å². The van der Waals surface area contributed by atoms with Crippen molar-refractivity contribution in [3.8, 4) is 11.3 Å². The van der Waals surface area contributed by atoms with Crippen molar-refractivity contribution in [1.82, 2.24) is 15.1 Å². The molecule has 14 heteroatoms. The number of anilines is 2. The monoisotopic (exact) mass is 563 g/mol. The predicted molar refractivity (Wildman–Crippen MR) is 127 cm³/mol. The Balaban J connectivity index is 1.40. The van der Waals surface area contributed by atoms with Gasteiger partial charge >= 0.3 is 18.4 Å². The molecular weight excluding hydrogens is 547 g/mol. The van der Waals surface area contributed by atoms with E-state index in [1.165, 1.54) is 4.90 Å². The first-order chi connectivity index (χ1) is 17.3. The number of halogens is 8. The van der Waals surface area contributed by atoms with E-state index in [1.54, 1.807) is 30.3 Å². The minimum Gasteiger partial charge on any atom is -0.352 e. The maximum atomic E-state index is 13.1. The molecule has 3 aromatic rings. The predicted octanol–water partition coefficient (Wildman–Crippen LogP) is 6.84. The summed E-state index contributed by atoms with van der Waals surface area (Å²) in [6.45, 7) is 0.950. The van der Waals surface area contributed by atoms with Gasteiger partial charge in [-0.25, -0.2) is 4.79 Å². The zero-order chi connectivity index (χ0) is 27.0. The number of hydrogen-bond acceptors (Lipinski definition) is 4. The van der Waals surface area contributed by atoms with Crippen molar-refractivity contribution in [1.29, 1.82) is 0 Å². The summed E-state index contributed by atoms with van der Waals surface area (Å²) in [5, 5.41) is 11.4. The van der Waals surface area contributed by atoms with Gasteiger partial charge in [-0.2, -0.15) is 26.3 Å². The highest BCUT2D eigenvalue weighted by Crippen LogP contribution is 2.37. The summed E-state index contributed by atoms with van der Waals surface area (Å²) in [7, 11) is 0. The Morgan fingerprint density at radius 2 is 1.43 bits per heavy atom. The zero-order valence-electron chi connectivity index (χ0n) is 18.7. The summed E-state index contributed by atoms with van der Waals surface area (Å²) in [6, 6.07) is 8.54. The van der Waals surface area contributed by atoms with Gasteiger partial charge in [0, 0.05) is 42.5 Å². The largest absolute Gasteiger partial charge is 0.416 e. The van der Waals surface area contributed by atoms with Crippen LogP contribution in [0, 0.1) is 0 Å². The molecule has 0 saturated carbocycles. The molecule has 1 aliphatic rings. The molecule has 196 valence electrons. The summed E-state index contributed by atoms with van der Waals surface area (Å²) in [5.74, 6) is 0.529. The maximum Gasteiger partial charge on any atom is 0.416 e. The molecule has 0 bridgehead atoms. The molecule has 1 aliphatic heterocycles. The van der Waals surface area contributed by atoms with Gasteiger partial charge in [-0.1, -0.05) is 23.2 Å². The fourth-order valence-corrected chi connectivity index (χ4v) is 4.21. The van der Waals surface area contributed by atoms with Crippen LogP contribution in [0.4, 0.5) is 42.6 Å². The van der Waals surface area contributed by atoms with E-state index in [-0.39, 0.29) is 19.2 Å². The van der Waals surface area contributed by atoms with Crippen LogP contribution in [0.2, 0.25) is 10.0 Å². The van der Waals surface area contributed by atoms with Crippen LogP contribution in [0.15, 0.2) is 48.5 Å². The summed E-state index contributed by atoms with van der Waals surface area (Å²) >= 11 is 12.1. The Hall–Kier alpha value is -3.25. The number of carbonyl (C=O) groups excluding carboxylic acids is 1. The summed E-state index contributed by atoms with van der Waals surface area (Å²) in [5.41, 5.74) is -2.44. The Kier molecular flexibility index (Phi) is 7.43. The van der Waals surface area contributed by atoms with Gasteiger partial charge in [0.2, 0.25) is 0 Å². The van der Waals surface area contributed by atoms with Gasteiger partial charge in [-0.3, -0.25) is 0 Å². The molecule has 2 aromatic carbocycles. The maximum absolute atomic E-state index is 13.1. The van der Waals surface area contributed by atoms with Gasteiger partial charge in [0.1, 0.15) is 0 Å². The van der Waals surface area contributed by atoms with Crippen LogP contribution >= 0.6 is 23.2 Å². The number of benzene rings is 2. The third-order valence-electron chi connectivity index (χ3n) is 5.59. The number of urea groups is 1. The number of rotatable bonds is 3. The second kappa shape index (κ2) is 10.3. The van der Waals surface area contributed by atoms with Crippen molar-refractivity contribution in [2.45, 2.75) is 12.4 Å². The third kappa shape index (κ3) is 6.37. The van der Waals surface area contributed by atoms with E-state index in [2.05, 4.69) is 15.5 Å². The quantitative estimate of drug-likeness (QED) is 0.354. The SMILES string of the molecule is O=C(Nc1cc(C(F)(F)F)cc(C(F)(F)F)c1)N1CCN(c2ccc(-c3ccc(Cl)cc3Cl)nn2)CC1. The summed E-state index contributed by atoms with van der Waals surface area (Å²) in [6.07, 6.45) is -10.0. The number of aromatic nitrogens is 2. The van der Waals surface area contributed by atoms with Crippen LogP contribution in [0.3, 0.4) is 0 Å². The highest BCUT2D eigenvalue weighted by molar-refractivity contribution is 6.36. The molecule has 1 aromatic heterocycles. The first-order valence-electron chi connectivity index (χ1n) is 10.7. The minimum atomic E-state index is -5.01. The van der Waals surface area contributed by atoms with E-state index in [0.717, 1.165) is 0 Å². The molecule has 0 spiro atoms. The molecule has 0 atom stereocenters.